The van der Waals surface area contributed by atoms with E-state index in [4.69, 9.17) is 4.74 Å². The molecule has 0 aliphatic carbocycles. The van der Waals surface area contributed by atoms with Gasteiger partial charge in [-0.05, 0) is 24.4 Å². The van der Waals surface area contributed by atoms with Crippen LogP contribution in [0, 0.1) is 6.92 Å². The van der Waals surface area contributed by atoms with Gasteiger partial charge in [0.15, 0.2) is 0 Å². The summed E-state index contributed by atoms with van der Waals surface area (Å²) in [4.78, 5) is 15.2. The zero-order chi connectivity index (χ0) is 14.9. The lowest BCUT2D eigenvalue weighted by atomic mass is 10.2. The first-order valence-corrected chi connectivity index (χ1v) is 8.19. The molecule has 112 valence electrons. The number of hydrogen-bond acceptors (Lipinski definition) is 6. The number of aryl methyl sites for hydroxylation is 1. The van der Waals surface area contributed by atoms with E-state index < -0.39 is 0 Å². The van der Waals surface area contributed by atoms with Crippen molar-refractivity contribution >= 4 is 27.4 Å². The summed E-state index contributed by atoms with van der Waals surface area (Å²) < 4.78 is 7.29. The largest absolute Gasteiger partial charge is 0.488 e. The highest BCUT2D eigenvalue weighted by atomic mass is 32.1. The Morgan fingerprint density at radius 3 is 3.18 bits per heavy atom. The van der Waals surface area contributed by atoms with Gasteiger partial charge in [-0.2, -0.15) is 0 Å². The lowest BCUT2D eigenvalue weighted by molar-refractivity contribution is 0.223. The zero-order valence-electron chi connectivity index (χ0n) is 12.3. The van der Waals surface area contributed by atoms with Crippen LogP contribution in [0.2, 0.25) is 0 Å². The van der Waals surface area contributed by atoms with Crippen molar-refractivity contribution in [1.29, 1.82) is 0 Å². The standard InChI is InChI=1S/C16H16N4OS/c1-11-8-17-5-2-14(11)21-12-3-6-20(9-12)16-15-13(4-7-22-15)18-10-19-16/h2,4-5,7-8,10,12H,3,6,9H2,1H3. The van der Waals surface area contributed by atoms with E-state index in [0.717, 1.165) is 46.9 Å². The first-order valence-electron chi connectivity index (χ1n) is 7.31. The molecule has 3 aromatic rings. The van der Waals surface area contributed by atoms with Gasteiger partial charge < -0.3 is 9.64 Å². The molecule has 0 saturated carbocycles. The molecule has 0 amide bonds. The molecule has 1 fully saturated rings. The first-order chi connectivity index (χ1) is 10.8. The lowest BCUT2D eigenvalue weighted by Crippen LogP contribution is -2.25. The van der Waals surface area contributed by atoms with E-state index in [0.29, 0.717) is 0 Å². The van der Waals surface area contributed by atoms with Crippen LogP contribution >= 0.6 is 11.3 Å². The summed E-state index contributed by atoms with van der Waals surface area (Å²) in [5.41, 5.74) is 2.09. The molecule has 0 spiro atoms. The second kappa shape index (κ2) is 5.53. The van der Waals surface area contributed by atoms with Gasteiger partial charge in [-0.15, -0.1) is 11.3 Å². The van der Waals surface area contributed by atoms with Gasteiger partial charge in [0.2, 0.25) is 0 Å². The summed E-state index contributed by atoms with van der Waals surface area (Å²) in [6, 6.07) is 3.97. The number of ether oxygens (including phenoxy) is 1. The Labute approximate surface area is 132 Å². The number of aromatic nitrogens is 3. The highest BCUT2D eigenvalue weighted by Gasteiger charge is 2.27. The third kappa shape index (κ3) is 2.39. The van der Waals surface area contributed by atoms with Crippen LogP contribution < -0.4 is 9.64 Å². The molecule has 5 nitrogen and oxygen atoms in total. The second-order valence-electron chi connectivity index (χ2n) is 5.45. The van der Waals surface area contributed by atoms with Gasteiger partial charge in [-0.25, -0.2) is 9.97 Å². The van der Waals surface area contributed by atoms with Gasteiger partial charge in [0.1, 0.15) is 24.0 Å². The maximum Gasteiger partial charge on any atom is 0.150 e. The Balaban J connectivity index is 1.53. The number of anilines is 1. The molecule has 0 radical (unpaired) electrons. The molecule has 1 atom stereocenters. The Hall–Kier alpha value is -2.21. The number of thiophene rings is 1. The van der Waals surface area contributed by atoms with Crippen molar-refractivity contribution in [2.24, 2.45) is 0 Å². The molecule has 0 aromatic carbocycles. The molecule has 3 aromatic heterocycles. The maximum atomic E-state index is 6.13. The molecule has 4 heterocycles. The third-order valence-electron chi connectivity index (χ3n) is 3.93. The topological polar surface area (TPSA) is 51.1 Å². The lowest BCUT2D eigenvalue weighted by Gasteiger charge is -2.19. The van der Waals surface area contributed by atoms with Gasteiger partial charge in [-0.1, -0.05) is 0 Å². The van der Waals surface area contributed by atoms with Crippen LogP contribution in [0.4, 0.5) is 5.82 Å². The third-order valence-corrected chi connectivity index (χ3v) is 4.83. The van der Waals surface area contributed by atoms with Crippen molar-refractivity contribution in [1.82, 2.24) is 15.0 Å². The SMILES string of the molecule is Cc1cnccc1OC1CCN(c2ncnc3ccsc23)C1. The van der Waals surface area contributed by atoms with Crippen molar-refractivity contribution in [3.05, 3.63) is 41.8 Å². The summed E-state index contributed by atoms with van der Waals surface area (Å²) in [6.07, 6.45) is 6.44. The smallest absolute Gasteiger partial charge is 0.150 e. The molecule has 4 rings (SSSR count). The van der Waals surface area contributed by atoms with E-state index in [9.17, 15) is 0 Å². The average molecular weight is 312 g/mol. The van der Waals surface area contributed by atoms with Crippen LogP contribution in [0.3, 0.4) is 0 Å². The first kappa shape index (κ1) is 13.5. The van der Waals surface area contributed by atoms with Crippen LogP contribution in [-0.2, 0) is 0 Å². The quantitative estimate of drug-likeness (QED) is 0.744. The van der Waals surface area contributed by atoms with Gasteiger partial charge >= 0.3 is 0 Å². The normalized spacial score (nSPS) is 18.0. The molecule has 1 aliphatic heterocycles. The molecule has 1 aliphatic rings. The van der Waals surface area contributed by atoms with E-state index in [1.165, 1.54) is 0 Å². The summed E-state index contributed by atoms with van der Waals surface area (Å²) >= 11 is 1.69. The average Bonchev–Trinajstić information content (AvgIpc) is 3.18. The van der Waals surface area contributed by atoms with Crippen molar-refractivity contribution < 1.29 is 4.74 Å². The zero-order valence-corrected chi connectivity index (χ0v) is 13.1. The molecule has 0 N–H and O–H groups in total. The molecular formula is C16H16N4OS. The summed E-state index contributed by atoms with van der Waals surface area (Å²) in [5, 5.41) is 2.06. The van der Waals surface area contributed by atoms with Crippen molar-refractivity contribution in [2.75, 3.05) is 18.0 Å². The van der Waals surface area contributed by atoms with Gasteiger partial charge in [0.05, 0.1) is 16.8 Å². The molecule has 22 heavy (non-hydrogen) atoms. The fraction of sp³-hybridized carbons (Fsp3) is 0.312. The van der Waals surface area contributed by atoms with E-state index in [1.807, 2.05) is 25.3 Å². The van der Waals surface area contributed by atoms with Crippen LogP contribution in [-0.4, -0.2) is 34.1 Å². The van der Waals surface area contributed by atoms with Crippen molar-refractivity contribution in [3.8, 4) is 5.75 Å². The van der Waals surface area contributed by atoms with E-state index in [1.54, 1.807) is 23.9 Å². The molecule has 6 heteroatoms. The van der Waals surface area contributed by atoms with Crippen LogP contribution in [0.15, 0.2) is 36.2 Å². The Bertz CT molecular complexity index is 803. The van der Waals surface area contributed by atoms with Crippen LogP contribution in [0.1, 0.15) is 12.0 Å². The highest BCUT2D eigenvalue weighted by molar-refractivity contribution is 7.17. The number of fused-ring (bicyclic) bond motifs is 1. The van der Waals surface area contributed by atoms with E-state index in [-0.39, 0.29) is 6.10 Å². The fourth-order valence-corrected chi connectivity index (χ4v) is 3.65. The van der Waals surface area contributed by atoms with Crippen LogP contribution in [0.25, 0.3) is 10.2 Å². The minimum atomic E-state index is 0.186. The molecule has 1 saturated heterocycles. The van der Waals surface area contributed by atoms with E-state index >= 15 is 0 Å². The number of hydrogen-bond donors (Lipinski definition) is 0. The van der Waals surface area contributed by atoms with Crippen molar-refractivity contribution in [3.63, 3.8) is 0 Å². The second-order valence-corrected chi connectivity index (χ2v) is 6.36. The highest BCUT2D eigenvalue weighted by Crippen LogP contribution is 2.31. The Morgan fingerprint density at radius 1 is 1.32 bits per heavy atom. The van der Waals surface area contributed by atoms with Gasteiger partial charge in [-0.3, -0.25) is 4.98 Å². The number of rotatable bonds is 3. The summed E-state index contributed by atoms with van der Waals surface area (Å²) in [7, 11) is 0. The number of nitrogens with zero attached hydrogens (tertiary/aromatic N) is 4. The molecular weight excluding hydrogens is 296 g/mol. The summed E-state index contributed by atoms with van der Waals surface area (Å²) in [6.45, 7) is 3.83. The van der Waals surface area contributed by atoms with Crippen molar-refractivity contribution in [2.45, 2.75) is 19.4 Å². The molecule has 0 bridgehead atoms. The van der Waals surface area contributed by atoms with Gasteiger partial charge in [0.25, 0.3) is 0 Å². The maximum absolute atomic E-state index is 6.13. The monoisotopic (exact) mass is 312 g/mol. The fourth-order valence-electron chi connectivity index (χ4n) is 2.79. The predicted octanol–water partition coefficient (Wildman–Crippen LogP) is 3.05. The predicted molar refractivity (Wildman–Crippen MR) is 87.6 cm³/mol. The Morgan fingerprint density at radius 2 is 2.27 bits per heavy atom. The van der Waals surface area contributed by atoms with E-state index in [2.05, 4.69) is 25.2 Å². The number of pyridine rings is 1. The molecule has 1 unspecified atom stereocenters. The van der Waals surface area contributed by atoms with Crippen LogP contribution in [0.5, 0.6) is 5.75 Å². The van der Waals surface area contributed by atoms with Gasteiger partial charge in [0, 0.05) is 30.9 Å². The Kier molecular flexibility index (Phi) is 3.38. The minimum Gasteiger partial charge on any atom is -0.488 e. The minimum absolute atomic E-state index is 0.186. The summed E-state index contributed by atoms with van der Waals surface area (Å²) in [5.74, 6) is 1.95.